The Morgan fingerprint density at radius 3 is 2.50 bits per heavy atom. The number of anilines is 1. The minimum atomic E-state index is -0.227. The van der Waals surface area contributed by atoms with Gasteiger partial charge in [0.15, 0.2) is 5.11 Å². The minimum absolute atomic E-state index is 0.227. The Kier molecular flexibility index (Phi) is 7.24. The van der Waals surface area contributed by atoms with Crippen molar-refractivity contribution in [2.45, 2.75) is 20.0 Å². The Morgan fingerprint density at radius 1 is 1.00 bits per heavy atom. The first kappa shape index (κ1) is 25.2. The normalized spacial score (nSPS) is 14.2. The number of nitrogens with one attached hydrogen (secondary N) is 1. The van der Waals surface area contributed by atoms with Crippen LogP contribution in [0.3, 0.4) is 0 Å². The predicted octanol–water partition coefficient (Wildman–Crippen LogP) is 5.17. The molecule has 192 valence electrons. The summed E-state index contributed by atoms with van der Waals surface area (Å²) in [6, 6.07) is 24.1. The third-order valence-electron chi connectivity index (χ3n) is 6.32. The van der Waals surface area contributed by atoms with Crippen molar-refractivity contribution in [3.8, 4) is 11.5 Å². The van der Waals surface area contributed by atoms with Crippen LogP contribution >= 0.6 is 12.2 Å². The van der Waals surface area contributed by atoms with Crippen LogP contribution in [-0.2, 0) is 24.9 Å². The summed E-state index contributed by atoms with van der Waals surface area (Å²) in [6.07, 6.45) is 4.34. The summed E-state index contributed by atoms with van der Waals surface area (Å²) in [5, 5.41) is 7.69. The van der Waals surface area contributed by atoms with Crippen molar-refractivity contribution in [3.05, 3.63) is 113 Å². The molecule has 8 heteroatoms. The van der Waals surface area contributed by atoms with Crippen molar-refractivity contribution in [3.63, 3.8) is 0 Å². The van der Waals surface area contributed by atoms with E-state index in [1.54, 1.807) is 24.1 Å². The van der Waals surface area contributed by atoms with Crippen LogP contribution in [0.15, 0.2) is 84.7 Å². The van der Waals surface area contributed by atoms with E-state index in [2.05, 4.69) is 28.6 Å². The molecule has 1 amide bonds. The second-order valence-electron chi connectivity index (χ2n) is 9.03. The first-order chi connectivity index (χ1) is 18.4. The lowest BCUT2D eigenvalue weighted by molar-refractivity contribution is -0.113. The lowest BCUT2D eigenvalue weighted by atomic mass is 10.0. The third kappa shape index (κ3) is 5.31. The molecular formula is C30H28N4O3S. The summed E-state index contributed by atoms with van der Waals surface area (Å²) in [5.41, 5.74) is 5.80. The van der Waals surface area contributed by atoms with Crippen molar-refractivity contribution in [1.29, 1.82) is 0 Å². The highest BCUT2D eigenvalue weighted by atomic mass is 32.1. The number of benzene rings is 3. The zero-order valence-electron chi connectivity index (χ0n) is 21.5. The summed E-state index contributed by atoms with van der Waals surface area (Å²) in [6.45, 7) is 2.16. The number of nitrogens with zero attached hydrogens (tertiary/aromatic N) is 3. The number of hydrogen-bond acceptors (Lipinski definition) is 5. The Labute approximate surface area is 227 Å². The maximum atomic E-state index is 13.2. The summed E-state index contributed by atoms with van der Waals surface area (Å²) < 4.78 is 13.5. The zero-order chi connectivity index (χ0) is 26.6. The first-order valence-electron chi connectivity index (χ1n) is 12.2. The number of carbonyl (C=O) groups excluding carboxylic acids is 1. The lowest BCUT2D eigenvalue weighted by Crippen LogP contribution is -2.30. The second-order valence-corrected chi connectivity index (χ2v) is 9.42. The average Bonchev–Trinajstić information content (AvgIpc) is 3.39. The van der Waals surface area contributed by atoms with Gasteiger partial charge in [0.2, 0.25) is 0 Å². The van der Waals surface area contributed by atoms with Crippen LogP contribution in [0.1, 0.15) is 27.9 Å². The van der Waals surface area contributed by atoms with Gasteiger partial charge in [-0.3, -0.25) is 9.48 Å². The standard InChI is InChI=1S/C30H28N4O3S/c1-20-26(18-33(2)32-20)34-29(35)25(31-30(34)38)17-22-13-14-27(36-3)24(16-22)19-37-28-12-8-7-11-23(28)15-21-9-5-4-6-10-21/h4-14,16-18H,15,19H2,1-3H3,(H,31,38)/b25-17+. The molecule has 0 radical (unpaired) electrons. The topological polar surface area (TPSA) is 68.6 Å². The molecular weight excluding hydrogens is 496 g/mol. The Balaban J connectivity index is 1.36. The smallest absolute Gasteiger partial charge is 0.281 e. The lowest BCUT2D eigenvalue weighted by Gasteiger charge is -2.14. The van der Waals surface area contributed by atoms with Crippen LogP contribution in [0, 0.1) is 6.92 Å². The fourth-order valence-electron chi connectivity index (χ4n) is 4.49. The molecule has 0 spiro atoms. The highest BCUT2D eigenvalue weighted by molar-refractivity contribution is 7.80. The van der Waals surface area contributed by atoms with E-state index in [0.717, 1.165) is 34.6 Å². The number of ether oxygens (including phenoxy) is 2. The molecule has 1 fully saturated rings. The van der Waals surface area contributed by atoms with Gasteiger partial charge in [0.05, 0.1) is 18.5 Å². The van der Waals surface area contributed by atoms with Crippen LogP contribution in [0.5, 0.6) is 11.5 Å². The Hall–Kier alpha value is -4.43. The number of aryl methyl sites for hydroxylation is 2. The van der Waals surface area contributed by atoms with E-state index < -0.39 is 0 Å². The number of amides is 1. The third-order valence-corrected chi connectivity index (χ3v) is 6.60. The molecule has 1 saturated heterocycles. The van der Waals surface area contributed by atoms with Crippen LogP contribution in [0.25, 0.3) is 6.08 Å². The fourth-order valence-corrected chi connectivity index (χ4v) is 4.78. The maximum Gasteiger partial charge on any atom is 0.281 e. The quantitative estimate of drug-likeness (QED) is 0.253. The van der Waals surface area contributed by atoms with E-state index >= 15 is 0 Å². The molecule has 1 aliphatic heterocycles. The van der Waals surface area contributed by atoms with Crippen molar-refractivity contribution in [2.24, 2.45) is 7.05 Å². The minimum Gasteiger partial charge on any atom is -0.496 e. The molecule has 0 unspecified atom stereocenters. The molecule has 0 atom stereocenters. The van der Waals surface area contributed by atoms with Gasteiger partial charge in [0, 0.05) is 25.2 Å². The van der Waals surface area contributed by atoms with Crippen molar-refractivity contribution < 1.29 is 14.3 Å². The van der Waals surface area contributed by atoms with E-state index in [4.69, 9.17) is 21.7 Å². The van der Waals surface area contributed by atoms with Gasteiger partial charge in [-0.1, -0.05) is 54.6 Å². The van der Waals surface area contributed by atoms with Gasteiger partial charge < -0.3 is 14.8 Å². The van der Waals surface area contributed by atoms with E-state index in [1.165, 1.54) is 10.5 Å². The predicted molar refractivity (Wildman–Crippen MR) is 152 cm³/mol. The summed E-state index contributed by atoms with van der Waals surface area (Å²) in [7, 11) is 3.44. The van der Waals surface area contributed by atoms with E-state index in [1.807, 2.05) is 68.6 Å². The molecule has 38 heavy (non-hydrogen) atoms. The average molecular weight is 525 g/mol. The molecule has 0 aliphatic carbocycles. The summed E-state index contributed by atoms with van der Waals surface area (Å²) in [5.74, 6) is 1.30. The van der Waals surface area contributed by atoms with Crippen molar-refractivity contribution in [1.82, 2.24) is 15.1 Å². The molecule has 3 aromatic carbocycles. The number of carbonyl (C=O) groups is 1. The number of thiocarbonyl (C=S) groups is 1. The van der Waals surface area contributed by atoms with Crippen LogP contribution in [0.2, 0.25) is 0 Å². The van der Waals surface area contributed by atoms with Gasteiger partial charge >= 0.3 is 0 Å². The van der Waals surface area contributed by atoms with Crippen LogP contribution in [-0.4, -0.2) is 27.9 Å². The van der Waals surface area contributed by atoms with Crippen LogP contribution in [0.4, 0.5) is 5.69 Å². The van der Waals surface area contributed by atoms with Gasteiger partial charge in [-0.15, -0.1) is 0 Å². The molecule has 5 rings (SSSR count). The van der Waals surface area contributed by atoms with Gasteiger partial charge in [0.1, 0.15) is 23.8 Å². The molecule has 2 heterocycles. The van der Waals surface area contributed by atoms with Crippen molar-refractivity contribution >= 4 is 35.0 Å². The SMILES string of the molecule is COc1ccc(/C=C2/NC(=S)N(c3cn(C)nc3C)C2=O)cc1COc1ccccc1Cc1ccccc1. The van der Waals surface area contributed by atoms with Gasteiger partial charge in [0.25, 0.3) is 5.91 Å². The Morgan fingerprint density at radius 2 is 1.76 bits per heavy atom. The van der Waals surface area contributed by atoms with E-state index in [0.29, 0.717) is 28.9 Å². The van der Waals surface area contributed by atoms with Gasteiger partial charge in [-0.25, -0.2) is 4.90 Å². The highest BCUT2D eigenvalue weighted by Gasteiger charge is 2.33. The number of para-hydroxylation sites is 1. The number of hydrogen-bond donors (Lipinski definition) is 1. The summed E-state index contributed by atoms with van der Waals surface area (Å²) in [4.78, 5) is 14.7. The van der Waals surface area contributed by atoms with Crippen molar-refractivity contribution in [2.75, 3.05) is 12.0 Å². The maximum absolute atomic E-state index is 13.2. The molecule has 1 N–H and O–H groups in total. The largest absolute Gasteiger partial charge is 0.496 e. The Bertz CT molecular complexity index is 1530. The van der Waals surface area contributed by atoms with Gasteiger partial charge in [-0.05, 0) is 60.1 Å². The fraction of sp³-hybridized carbons (Fsp3) is 0.167. The summed E-state index contributed by atoms with van der Waals surface area (Å²) >= 11 is 5.46. The zero-order valence-corrected chi connectivity index (χ0v) is 22.3. The first-order valence-corrected chi connectivity index (χ1v) is 12.6. The molecule has 1 aliphatic rings. The molecule has 1 aromatic heterocycles. The van der Waals surface area contributed by atoms with Crippen LogP contribution < -0.4 is 19.7 Å². The second kappa shape index (κ2) is 10.9. The highest BCUT2D eigenvalue weighted by Crippen LogP contribution is 2.28. The van der Waals surface area contributed by atoms with Gasteiger partial charge in [-0.2, -0.15) is 5.10 Å². The van der Waals surface area contributed by atoms with E-state index in [-0.39, 0.29) is 5.91 Å². The molecule has 0 saturated carbocycles. The number of rotatable bonds is 8. The monoisotopic (exact) mass is 524 g/mol. The molecule has 7 nitrogen and oxygen atoms in total. The number of methoxy groups -OCH3 is 1. The molecule has 0 bridgehead atoms. The number of aromatic nitrogens is 2. The molecule has 4 aromatic rings. The van der Waals surface area contributed by atoms with E-state index in [9.17, 15) is 4.79 Å².